The highest BCUT2D eigenvalue weighted by Gasteiger charge is 2.34. The molecule has 3 nitrogen and oxygen atoms in total. The van der Waals surface area contributed by atoms with E-state index in [0.717, 1.165) is 11.1 Å². The van der Waals surface area contributed by atoms with Crippen LogP contribution in [0.25, 0.3) is 6.08 Å². The smallest absolute Gasteiger partial charge is 0.104 e. The van der Waals surface area contributed by atoms with Gasteiger partial charge in [0.2, 0.25) is 0 Å². The Morgan fingerprint density at radius 2 is 1.96 bits per heavy atom. The first-order valence-electron chi connectivity index (χ1n) is 8.34. The van der Waals surface area contributed by atoms with Crippen LogP contribution < -0.4 is 0 Å². The Hall–Kier alpha value is -1.94. The predicted octanol–water partition coefficient (Wildman–Crippen LogP) is 3.35. The standard InChI is InChI=1S/C21H24O3/c1-14-10-15(2)20-17(11-14)13-24-21(19(23)12-22)18(20)9-8-16-6-4-3-5-7-16/h3-11,18-19,21-23H,12-13H2,1-2H3/t18-,19+,21-/m0/s1. The summed E-state index contributed by atoms with van der Waals surface area (Å²) in [6, 6.07) is 14.4. The van der Waals surface area contributed by atoms with E-state index in [1.807, 2.05) is 30.3 Å². The summed E-state index contributed by atoms with van der Waals surface area (Å²) in [5, 5.41) is 19.6. The molecule has 0 radical (unpaired) electrons. The van der Waals surface area contributed by atoms with Crippen molar-refractivity contribution >= 4 is 6.08 Å². The van der Waals surface area contributed by atoms with Crippen LogP contribution in [-0.4, -0.2) is 29.0 Å². The molecule has 0 aromatic heterocycles. The number of aliphatic hydroxyl groups excluding tert-OH is 2. The zero-order chi connectivity index (χ0) is 17.1. The summed E-state index contributed by atoms with van der Waals surface area (Å²) in [7, 11) is 0. The van der Waals surface area contributed by atoms with Gasteiger partial charge >= 0.3 is 0 Å². The molecule has 24 heavy (non-hydrogen) atoms. The highest BCUT2D eigenvalue weighted by atomic mass is 16.5. The lowest BCUT2D eigenvalue weighted by atomic mass is 9.81. The molecule has 0 bridgehead atoms. The normalized spacial score (nSPS) is 21.7. The average molecular weight is 324 g/mol. The second-order valence-electron chi connectivity index (χ2n) is 6.48. The van der Waals surface area contributed by atoms with E-state index in [1.54, 1.807) is 0 Å². The second kappa shape index (κ2) is 7.31. The van der Waals surface area contributed by atoms with Crippen LogP contribution in [0.4, 0.5) is 0 Å². The number of hydrogen-bond acceptors (Lipinski definition) is 3. The average Bonchev–Trinajstić information content (AvgIpc) is 2.59. The zero-order valence-electron chi connectivity index (χ0n) is 14.1. The predicted molar refractivity (Wildman–Crippen MR) is 95.8 cm³/mol. The van der Waals surface area contributed by atoms with Crippen LogP contribution in [-0.2, 0) is 11.3 Å². The van der Waals surface area contributed by atoms with E-state index in [4.69, 9.17) is 4.74 Å². The van der Waals surface area contributed by atoms with Gasteiger partial charge < -0.3 is 14.9 Å². The zero-order valence-corrected chi connectivity index (χ0v) is 14.1. The summed E-state index contributed by atoms with van der Waals surface area (Å²) in [6.45, 7) is 4.34. The van der Waals surface area contributed by atoms with Gasteiger partial charge in [-0.25, -0.2) is 0 Å². The largest absolute Gasteiger partial charge is 0.394 e. The summed E-state index contributed by atoms with van der Waals surface area (Å²) in [4.78, 5) is 0. The molecule has 1 heterocycles. The first-order chi connectivity index (χ1) is 11.6. The van der Waals surface area contributed by atoms with Crippen LogP contribution in [0.3, 0.4) is 0 Å². The third kappa shape index (κ3) is 3.44. The van der Waals surface area contributed by atoms with Crippen molar-refractivity contribution in [3.8, 4) is 0 Å². The van der Waals surface area contributed by atoms with E-state index in [1.165, 1.54) is 16.7 Å². The van der Waals surface area contributed by atoms with Gasteiger partial charge in [0, 0.05) is 5.92 Å². The fourth-order valence-corrected chi connectivity index (χ4v) is 3.56. The van der Waals surface area contributed by atoms with Crippen LogP contribution in [0.15, 0.2) is 48.5 Å². The molecular formula is C21H24O3. The quantitative estimate of drug-likeness (QED) is 0.907. The van der Waals surface area contributed by atoms with Crippen LogP contribution >= 0.6 is 0 Å². The molecule has 0 unspecified atom stereocenters. The van der Waals surface area contributed by atoms with Gasteiger partial charge in [0.15, 0.2) is 0 Å². The van der Waals surface area contributed by atoms with E-state index < -0.39 is 12.2 Å². The van der Waals surface area contributed by atoms with Gasteiger partial charge in [-0.05, 0) is 36.1 Å². The van der Waals surface area contributed by atoms with Crippen molar-refractivity contribution in [3.05, 3.63) is 76.4 Å². The summed E-state index contributed by atoms with van der Waals surface area (Å²) in [5.41, 5.74) is 5.88. The Balaban J connectivity index is 2.02. The molecule has 1 aliphatic heterocycles. The van der Waals surface area contributed by atoms with Gasteiger partial charge in [-0.3, -0.25) is 0 Å². The molecule has 126 valence electrons. The minimum atomic E-state index is -0.899. The van der Waals surface area contributed by atoms with E-state index in [0.29, 0.717) is 6.61 Å². The van der Waals surface area contributed by atoms with Crippen LogP contribution in [0.5, 0.6) is 0 Å². The van der Waals surface area contributed by atoms with E-state index in [2.05, 4.69) is 38.1 Å². The minimum absolute atomic E-state index is 0.0864. The first-order valence-corrected chi connectivity index (χ1v) is 8.34. The maximum atomic E-state index is 10.2. The summed E-state index contributed by atoms with van der Waals surface area (Å²) < 4.78 is 5.91. The monoisotopic (exact) mass is 324 g/mol. The topological polar surface area (TPSA) is 49.7 Å². The highest BCUT2D eigenvalue weighted by molar-refractivity contribution is 5.53. The number of rotatable bonds is 4. The Bertz CT molecular complexity index is 721. The van der Waals surface area contributed by atoms with Crippen molar-refractivity contribution in [1.82, 2.24) is 0 Å². The van der Waals surface area contributed by atoms with Gasteiger partial charge in [0.25, 0.3) is 0 Å². The molecule has 0 saturated heterocycles. The third-order valence-electron chi connectivity index (χ3n) is 4.60. The fraction of sp³-hybridized carbons (Fsp3) is 0.333. The minimum Gasteiger partial charge on any atom is -0.394 e. The van der Waals surface area contributed by atoms with E-state index in [9.17, 15) is 10.2 Å². The van der Waals surface area contributed by atoms with Crippen LogP contribution in [0, 0.1) is 13.8 Å². The molecule has 2 N–H and O–H groups in total. The lowest BCUT2D eigenvalue weighted by Crippen LogP contribution is -2.39. The lowest BCUT2D eigenvalue weighted by molar-refractivity contribution is -0.0788. The SMILES string of the molecule is Cc1cc(C)c2c(c1)CO[C@H]([C@H](O)CO)[C@H]2C=Cc1ccccc1. The van der Waals surface area contributed by atoms with Crippen LogP contribution in [0.2, 0.25) is 0 Å². The fourth-order valence-electron chi connectivity index (χ4n) is 3.56. The molecule has 0 aliphatic carbocycles. The molecule has 0 fully saturated rings. The van der Waals surface area contributed by atoms with Crippen molar-refractivity contribution in [2.45, 2.75) is 38.6 Å². The Morgan fingerprint density at radius 1 is 1.21 bits per heavy atom. The molecule has 0 amide bonds. The van der Waals surface area contributed by atoms with Gasteiger partial charge in [-0.15, -0.1) is 0 Å². The first kappa shape index (κ1) is 16.9. The maximum Gasteiger partial charge on any atom is 0.104 e. The number of benzene rings is 2. The highest BCUT2D eigenvalue weighted by Crippen LogP contribution is 2.37. The Labute approximate surface area is 143 Å². The van der Waals surface area contributed by atoms with Crippen molar-refractivity contribution in [1.29, 1.82) is 0 Å². The van der Waals surface area contributed by atoms with Crippen molar-refractivity contribution in [2.24, 2.45) is 0 Å². The number of ether oxygens (including phenoxy) is 1. The maximum absolute atomic E-state index is 10.2. The van der Waals surface area contributed by atoms with Crippen molar-refractivity contribution < 1.29 is 14.9 Å². The molecule has 3 atom stereocenters. The van der Waals surface area contributed by atoms with Gasteiger partial charge in [0.1, 0.15) is 6.10 Å². The second-order valence-corrected chi connectivity index (χ2v) is 6.48. The molecule has 2 aromatic rings. The Kier molecular flexibility index (Phi) is 5.14. The molecule has 2 aromatic carbocycles. The molecule has 3 rings (SSSR count). The molecule has 1 aliphatic rings. The number of aryl methyl sites for hydroxylation is 2. The number of aliphatic hydroxyl groups is 2. The molecule has 0 saturated carbocycles. The van der Waals surface area contributed by atoms with Crippen molar-refractivity contribution in [3.63, 3.8) is 0 Å². The number of hydrogen-bond donors (Lipinski definition) is 2. The van der Waals surface area contributed by atoms with Crippen molar-refractivity contribution in [2.75, 3.05) is 6.61 Å². The molecular weight excluding hydrogens is 300 g/mol. The summed E-state index contributed by atoms with van der Waals surface area (Å²) in [6.07, 6.45) is 2.80. The van der Waals surface area contributed by atoms with Gasteiger partial charge in [-0.2, -0.15) is 0 Å². The molecule has 0 spiro atoms. The number of fused-ring (bicyclic) bond motifs is 1. The Morgan fingerprint density at radius 3 is 2.67 bits per heavy atom. The van der Waals surface area contributed by atoms with Gasteiger partial charge in [-0.1, -0.05) is 60.2 Å². The molecule has 3 heteroatoms. The third-order valence-corrected chi connectivity index (χ3v) is 4.60. The van der Waals surface area contributed by atoms with Gasteiger partial charge in [0.05, 0.1) is 19.3 Å². The van der Waals surface area contributed by atoms with Crippen LogP contribution in [0.1, 0.15) is 33.7 Å². The lowest BCUT2D eigenvalue weighted by Gasteiger charge is -2.35. The van der Waals surface area contributed by atoms with E-state index in [-0.39, 0.29) is 12.5 Å². The summed E-state index contributed by atoms with van der Waals surface area (Å²) in [5.74, 6) is -0.0864. The van der Waals surface area contributed by atoms with E-state index >= 15 is 0 Å². The summed E-state index contributed by atoms with van der Waals surface area (Å²) >= 11 is 0.